The Labute approximate surface area is 76.7 Å². The molecule has 0 atom stereocenters. The van der Waals surface area contributed by atoms with Crippen molar-refractivity contribution in [2.75, 3.05) is 0 Å². The van der Waals surface area contributed by atoms with E-state index in [4.69, 9.17) is 15.0 Å². The van der Waals surface area contributed by atoms with Crippen molar-refractivity contribution in [3.05, 3.63) is 0 Å². The number of carbonyl (C=O) groups excluding carboxylic acids is 1. The maximum Gasteiger partial charge on any atom is 4.00 e. The van der Waals surface area contributed by atoms with Crippen LogP contribution in [0.25, 0.3) is 0 Å². The van der Waals surface area contributed by atoms with Crippen molar-refractivity contribution in [3.63, 3.8) is 0 Å². The fourth-order valence-corrected chi connectivity index (χ4v) is 0. The van der Waals surface area contributed by atoms with Crippen molar-refractivity contribution in [2.24, 2.45) is 0 Å². The molecule has 0 rings (SSSR count). The predicted octanol–water partition coefficient (Wildman–Crippen LogP) is -3.07. The monoisotopic (exact) mass is 164 g/mol. The Morgan fingerprint density at radius 2 is 1.12 bits per heavy atom. The standard InChI is InChI=1S/CH2O3.Mg.2O.Ti/c2-1(3)4;;;;/h(H2,2,3,4);;;;/q;+2;2*-2;+4/p-2. The van der Waals surface area contributed by atoms with Gasteiger partial charge in [0.05, 0.1) is 0 Å². The topological polar surface area (TPSA) is 120 Å². The third kappa shape index (κ3) is 477. The van der Waals surface area contributed by atoms with Crippen molar-refractivity contribution in [1.82, 2.24) is 0 Å². The molecule has 0 radical (unpaired) electrons. The van der Waals surface area contributed by atoms with Gasteiger partial charge < -0.3 is 26.0 Å². The van der Waals surface area contributed by atoms with E-state index in [1.807, 2.05) is 0 Å². The van der Waals surface area contributed by atoms with Crippen LogP contribution in [0, 0.1) is 0 Å². The van der Waals surface area contributed by atoms with Gasteiger partial charge in [-0.25, -0.2) is 0 Å². The van der Waals surface area contributed by atoms with Crippen LogP contribution in [-0.4, -0.2) is 29.2 Å². The Kier molecular flexibility index (Phi) is 120. The first-order valence-electron chi connectivity index (χ1n) is 0.612. The molecule has 0 aliphatic heterocycles. The van der Waals surface area contributed by atoms with E-state index in [1.54, 1.807) is 0 Å². The Bertz CT molecular complexity index is 35.4. The van der Waals surface area contributed by atoms with Crippen LogP contribution in [0.1, 0.15) is 0 Å². The molecular formula is CMgO5Ti. The number of carbonyl (C=O) groups is 1. The zero-order valence-corrected chi connectivity index (χ0v) is 6.72. The summed E-state index contributed by atoms with van der Waals surface area (Å²) in [5, 5.41) is 16.7. The van der Waals surface area contributed by atoms with Gasteiger partial charge in [-0.15, -0.1) is 0 Å². The summed E-state index contributed by atoms with van der Waals surface area (Å²) in [4.78, 5) is 8.33. The zero-order valence-electron chi connectivity index (χ0n) is 3.75. The zero-order chi connectivity index (χ0) is 3.58. The molecule has 8 heavy (non-hydrogen) atoms. The molecule has 0 saturated carbocycles. The molecule has 0 aromatic carbocycles. The molecular weight excluding hydrogens is 164 g/mol. The molecule has 0 spiro atoms. The molecule has 0 aliphatic carbocycles. The third-order valence-corrected chi connectivity index (χ3v) is 0. The molecule has 0 amide bonds. The van der Waals surface area contributed by atoms with E-state index in [-0.39, 0.29) is 55.7 Å². The molecule has 0 N–H and O–H groups in total. The van der Waals surface area contributed by atoms with Crippen molar-refractivity contribution in [1.29, 1.82) is 0 Å². The molecule has 0 aromatic rings. The van der Waals surface area contributed by atoms with Gasteiger partial charge in [0.2, 0.25) is 0 Å². The van der Waals surface area contributed by atoms with Crippen molar-refractivity contribution in [2.45, 2.75) is 0 Å². The van der Waals surface area contributed by atoms with Crippen LogP contribution < -0.4 is 10.2 Å². The van der Waals surface area contributed by atoms with Gasteiger partial charge in [-0.3, -0.25) is 0 Å². The van der Waals surface area contributed by atoms with Crippen molar-refractivity contribution >= 4 is 29.2 Å². The first-order valence-corrected chi connectivity index (χ1v) is 0.612. The van der Waals surface area contributed by atoms with Gasteiger partial charge in [0.25, 0.3) is 0 Å². The van der Waals surface area contributed by atoms with E-state index < -0.39 is 6.16 Å². The predicted molar refractivity (Wildman–Crippen MR) is 12.5 cm³/mol. The first kappa shape index (κ1) is 37.9. The molecule has 0 saturated heterocycles. The number of carboxylic acid groups (broad SMARTS) is 2. The van der Waals surface area contributed by atoms with Gasteiger partial charge in [0, 0.05) is 0 Å². The summed E-state index contributed by atoms with van der Waals surface area (Å²) in [5.41, 5.74) is 0. The molecule has 0 fully saturated rings. The van der Waals surface area contributed by atoms with Crippen LogP contribution in [-0.2, 0) is 32.7 Å². The minimum absolute atomic E-state index is 0. The maximum atomic E-state index is 8.33. The molecule has 40 valence electrons. The molecule has 0 aliphatic rings. The Hall–Kier alpha value is 0.671. The third-order valence-electron chi connectivity index (χ3n) is 0. The second kappa shape index (κ2) is 25.3. The summed E-state index contributed by atoms with van der Waals surface area (Å²) in [6.45, 7) is 0. The average Bonchev–Trinajstić information content (AvgIpc) is 0.811. The van der Waals surface area contributed by atoms with E-state index >= 15 is 0 Å². The van der Waals surface area contributed by atoms with Gasteiger partial charge in [0.1, 0.15) is 0 Å². The fourth-order valence-electron chi connectivity index (χ4n) is 0. The minimum Gasteiger partial charge on any atom is -2.00 e. The van der Waals surface area contributed by atoms with Crippen LogP contribution in [0.5, 0.6) is 0 Å². The minimum atomic E-state index is -2.33. The van der Waals surface area contributed by atoms with Gasteiger partial charge in [0.15, 0.2) is 0 Å². The van der Waals surface area contributed by atoms with Crippen LogP contribution >= 0.6 is 0 Å². The molecule has 0 bridgehead atoms. The molecule has 0 unspecified atom stereocenters. The van der Waals surface area contributed by atoms with Gasteiger partial charge in [-0.1, -0.05) is 0 Å². The average molecular weight is 164 g/mol. The summed E-state index contributed by atoms with van der Waals surface area (Å²) in [6.07, 6.45) is -2.33. The quantitative estimate of drug-likeness (QED) is 0.353. The molecule has 5 nitrogen and oxygen atoms in total. The van der Waals surface area contributed by atoms with Crippen LogP contribution in [0.3, 0.4) is 0 Å². The van der Waals surface area contributed by atoms with E-state index in [9.17, 15) is 0 Å². The van der Waals surface area contributed by atoms with Crippen LogP contribution in [0.15, 0.2) is 0 Å². The van der Waals surface area contributed by atoms with E-state index in [1.165, 1.54) is 0 Å². The van der Waals surface area contributed by atoms with E-state index in [2.05, 4.69) is 0 Å². The Morgan fingerprint density at radius 3 is 1.12 bits per heavy atom. The summed E-state index contributed by atoms with van der Waals surface area (Å²) in [7, 11) is 0. The smallest absolute Gasteiger partial charge is 2.00 e. The summed E-state index contributed by atoms with van der Waals surface area (Å²) in [6, 6.07) is 0. The van der Waals surface area contributed by atoms with Crippen molar-refractivity contribution < 1.29 is 47.7 Å². The molecule has 7 heteroatoms. The van der Waals surface area contributed by atoms with Crippen LogP contribution in [0.4, 0.5) is 4.79 Å². The Balaban J connectivity index is -0.00000000750. The summed E-state index contributed by atoms with van der Waals surface area (Å²) in [5.74, 6) is 0. The first-order chi connectivity index (χ1) is 1.73. The second-order valence-electron chi connectivity index (χ2n) is 0.250. The van der Waals surface area contributed by atoms with Gasteiger partial charge in [-0.05, 0) is 6.16 Å². The summed E-state index contributed by atoms with van der Waals surface area (Å²) < 4.78 is 0. The molecule has 0 aromatic heterocycles. The SMILES string of the molecule is O=C([O-])[O-].[Mg+2].[O-2].[O-2].[Ti+4]. The van der Waals surface area contributed by atoms with Crippen LogP contribution in [0.2, 0.25) is 0 Å². The van der Waals surface area contributed by atoms with Crippen molar-refractivity contribution in [3.8, 4) is 0 Å². The number of rotatable bonds is 0. The van der Waals surface area contributed by atoms with E-state index in [0.717, 1.165) is 0 Å². The summed E-state index contributed by atoms with van der Waals surface area (Å²) >= 11 is 0. The van der Waals surface area contributed by atoms with Gasteiger partial charge in [-0.2, -0.15) is 0 Å². The Morgan fingerprint density at radius 1 is 1.12 bits per heavy atom. The largest absolute Gasteiger partial charge is 4.00 e. The van der Waals surface area contributed by atoms with E-state index in [0.29, 0.717) is 0 Å². The maximum absolute atomic E-state index is 8.33. The fraction of sp³-hybridized carbons (Fsp3) is 0. The second-order valence-corrected chi connectivity index (χ2v) is 0.250. The number of hydrogen-bond acceptors (Lipinski definition) is 3. The van der Waals surface area contributed by atoms with Gasteiger partial charge >= 0.3 is 44.8 Å². The molecule has 0 heterocycles. The normalized spacial score (nSPS) is 3.00. The number of hydrogen-bond donors (Lipinski definition) is 0.